The molecular weight excluding hydrogens is 388 g/mol. The van der Waals surface area contributed by atoms with E-state index in [0.29, 0.717) is 24.7 Å². The Labute approximate surface area is 182 Å². The number of aryl methyl sites for hydroxylation is 1. The van der Waals surface area contributed by atoms with Gasteiger partial charge in [0.1, 0.15) is 17.2 Å². The predicted molar refractivity (Wildman–Crippen MR) is 121 cm³/mol. The van der Waals surface area contributed by atoms with Crippen LogP contribution in [-0.4, -0.2) is 28.9 Å². The van der Waals surface area contributed by atoms with Crippen LogP contribution in [0.3, 0.4) is 0 Å². The maximum atomic E-state index is 11.9. The number of benzene rings is 2. The van der Waals surface area contributed by atoms with Gasteiger partial charge < -0.3 is 14.4 Å². The molecule has 1 aliphatic rings. The Balaban J connectivity index is 1.43. The summed E-state index contributed by atoms with van der Waals surface area (Å²) in [6.45, 7) is 6.82. The van der Waals surface area contributed by atoms with Crippen molar-refractivity contribution < 1.29 is 14.3 Å². The van der Waals surface area contributed by atoms with Crippen LogP contribution < -0.4 is 9.47 Å². The van der Waals surface area contributed by atoms with Gasteiger partial charge in [-0.05, 0) is 73.0 Å². The van der Waals surface area contributed by atoms with Gasteiger partial charge in [-0.15, -0.1) is 0 Å². The quantitative estimate of drug-likeness (QED) is 0.482. The highest BCUT2D eigenvalue weighted by Gasteiger charge is 2.18. The molecule has 0 bridgehead atoms. The summed E-state index contributed by atoms with van der Waals surface area (Å²) in [5.41, 5.74) is 3.01. The van der Waals surface area contributed by atoms with E-state index in [1.807, 2.05) is 67.6 Å². The van der Waals surface area contributed by atoms with Gasteiger partial charge >= 0.3 is 0 Å². The molecule has 0 atom stereocenters. The molecule has 0 aliphatic carbocycles. The van der Waals surface area contributed by atoms with Crippen LogP contribution in [0.15, 0.2) is 85.6 Å². The molecule has 1 aliphatic heterocycles. The number of rotatable bonds is 6. The molecule has 0 radical (unpaired) electrons. The summed E-state index contributed by atoms with van der Waals surface area (Å²) in [5.74, 6) is 2.71. The standard InChI is InChI=1S/C26H24N2O3/c1-3-25(29)28-15-7-8-20(18-28)21-16-19(2)26(27-17-21)31-24-13-11-23(12-14-24)30-22-9-5-4-6-10-22/h3-6,8-14,16-17H,1,7,15,18H2,2H3. The van der Waals surface area contributed by atoms with E-state index in [0.717, 1.165) is 34.6 Å². The minimum atomic E-state index is -0.0464. The molecule has 5 nitrogen and oxygen atoms in total. The largest absolute Gasteiger partial charge is 0.457 e. The monoisotopic (exact) mass is 412 g/mol. The van der Waals surface area contributed by atoms with Crippen LogP contribution in [-0.2, 0) is 4.79 Å². The number of carbonyl (C=O) groups excluding carboxylic acids is 1. The average Bonchev–Trinajstić information content (AvgIpc) is 2.82. The Hall–Kier alpha value is -3.86. The van der Waals surface area contributed by atoms with Crippen LogP contribution in [0.4, 0.5) is 0 Å². The van der Waals surface area contributed by atoms with Gasteiger partial charge in [0.25, 0.3) is 0 Å². The van der Waals surface area contributed by atoms with Gasteiger partial charge in [0.2, 0.25) is 11.8 Å². The Bertz CT molecular complexity index is 1110. The van der Waals surface area contributed by atoms with Crippen molar-refractivity contribution in [1.82, 2.24) is 9.88 Å². The van der Waals surface area contributed by atoms with E-state index in [9.17, 15) is 4.79 Å². The number of pyridine rings is 1. The first kappa shape index (κ1) is 20.4. The van der Waals surface area contributed by atoms with Crippen molar-refractivity contribution in [2.75, 3.05) is 13.1 Å². The molecule has 4 rings (SSSR count). The predicted octanol–water partition coefficient (Wildman–Crippen LogP) is 5.78. The number of carbonyl (C=O) groups is 1. The maximum Gasteiger partial charge on any atom is 0.246 e. The lowest BCUT2D eigenvalue weighted by molar-refractivity contribution is -0.125. The van der Waals surface area contributed by atoms with Crippen molar-refractivity contribution in [3.05, 3.63) is 96.7 Å². The number of para-hydroxylation sites is 1. The first-order valence-corrected chi connectivity index (χ1v) is 10.2. The minimum absolute atomic E-state index is 0.0464. The molecule has 1 aromatic heterocycles. The fourth-order valence-electron chi connectivity index (χ4n) is 3.43. The van der Waals surface area contributed by atoms with Crippen molar-refractivity contribution in [2.45, 2.75) is 13.3 Å². The molecule has 0 fully saturated rings. The third-order valence-electron chi connectivity index (χ3n) is 5.06. The second kappa shape index (κ2) is 9.30. The summed E-state index contributed by atoms with van der Waals surface area (Å²) in [5, 5.41) is 0. The second-order valence-electron chi connectivity index (χ2n) is 7.32. The zero-order valence-electron chi connectivity index (χ0n) is 17.5. The summed E-state index contributed by atoms with van der Waals surface area (Å²) in [6, 6.07) is 19.1. The summed E-state index contributed by atoms with van der Waals surface area (Å²) >= 11 is 0. The Morgan fingerprint density at radius 2 is 1.71 bits per heavy atom. The molecule has 0 saturated carbocycles. The number of aromatic nitrogens is 1. The summed E-state index contributed by atoms with van der Waals surface area (Å²) < 4.78 is 11.8. The summed E-state index contributed by atoms with van der Waals surface area (Å²) in [7, 11) is 0. The van der Waals surface area contributed by atoms with Crippen LogP contribution in [0.1, 0.15) is 17.5 Å². The van der Waals surface area contributed by atoms with E-state index >= 15 is 0 Å². The van der Waals surface area contributed by atoms with E-state index in [1.54, 1.807) is 11.1 Å². The number of ether oxygens (including phenoxy) is 2. The molecule has 0 N–H and O–H groups in total. The van der Waals surface area contributed by atoms with Gasteiger partial charge in [-0.3, -0.25) is 4.79 Å². The molecule has 0 saturated heterocycles. The highest BCUT2D eigenvalue weighted by Crippen LogP contribution is 2.29. The van der Waals surface area contributed by atoms with E-state index in [-0.39, 0.29) is 5.91 Å². The Morgan fingerprint density at radius 1 is 1.03 bits per heavy atom. The second-order valence-corrected chi connectivity index (χ2v) is 7.32. The van der Waals surface area contributed by atoms with Crippen LogP contribution in [0.25, 0.3) is 5.57 Å². The summed E-state index contributed by atoms with van der Waals surface area (Å²) in [4.78, 5) is 18.2. The minimum Gasteiger partial charge on any atom is -0.457 e. The molecule has 0 unspecified atom stereocenters. The zero-order valence-corrected chi connectivity index (χ0v) is 17.5. The van der Waals surface area contributed by atoms with E-state index in [1.165, 1.54) is 6.08 Å². The van der Waals surface area contributed by atoms with E-state index in [4.69, 9.17) is 9.47 Å². The van der Waals surface area contributed by atoms with Crippen molar-refractivity contribution in [3.63, 3.8) is 0 Å². The van der Waals surface area contributed by atoms with Gasteiger partial charge in [-0.25, -0.2) is 4.98 Å². The normalized spacial score (nSPS) is 13.3. The number of amides is 1. The SMILES string of the molecule is C=CC(=O)N1CCC=C(c2cnc(Oc3ccc(Oc4ccccc4)cc3)c(C)c2)C1. The topological polar surface area (TPSA) is 51.7 Å². The molecular formula is C26H24N2O3. The lowest BCUT2D eigenvalue weighted by Gasteiger charge is -2.26. The number of nitrogens with zero attached hydrogens (tertiary/aromatic N) is 2. The highest BCUT2D eigenvalue weighted by atomic mass is 16.5. The number of hydrogen-bond donors (Lipinski definition) is 0. The first-order chi connectivity index (χ1) is 15.1. The van der Waals surface area contributed by atoms with Crippen molar-refractivity contribution in [2.24, 2.45) is 0 Å². The lowest BCUT2D eigenvalue weighted by atomic mass is 10.0. The molecule has 2 heterocycles. The van der Waals surface area contributed by atoms with Crippen molar-refractivity contribution in [3.8, 4) is 23.1 Å². The van der Waals surface area contributed by atoms with E-state index < -0.39 is 0 Å². The van der Waals surface area contributed by atoms with Crippen LogP contribution >= 0.6 is 0 Å². The van der Waals surface area contributed by atoms with Crippen LogP contribution in [0.5, 0.6) is 23.1 Å². The molecule has 1 amide bonds. The smallest absolute Gasteiger partial charge is 0.246 e. The van der Waals surface area contributed by atoms with Gasteiger partial charge in [-0.1, -0.05) is 30.9 Å². The lowest BCUT2D eigenvalue weighted by Crippen LogP contribution is -2.34. The van der Waals surface area contributed by atoms with Crippen molar-refractivity contribution >= 4 is 11.5 Å². The molecule has 5 heteroatoms. The zero-order chi connectivity index (χ0) is 21.6. The average molecular weight is 412 g/mol. The Kier molecular flexibility index (Phi) is 6.13. The van der Waals surface area contributed by atoms with Gasteiger partial charge in [0.05, 0.1) is 0 Å². The molecule has 0 spiro atoms. The third kappa shape index (κ3) is 5.01. The number of hydrogen-bond acceptors (Lipinski definition) is 4. The first-order valence-electron chi connectivity index (χ1n) is 10.2. The Morgan fingerprint density at radius 3 is 2.39 bits per heavy atom. The highest BCUT2D eigenvalue weighted by molar-refractivity contribution is 5.88. The molecule has 2 aromatic carbocycles. The van der Waals surface area contributed by atoms with Crippen LogP contribution in [0, 0.1) is 6.92 Å². The maximum absolute atomic E-state index is 11.9. The van der Waals surface area contributed by atoms with E-state index in [2.05, 4.69) is 17.6 Å². The molecule has 156 valence electrons. The third-order valence-corrected chi connectivity index (χ3v) is 5.06. The van der Waals surface area contributed by atoms with Crippen LogP contribution in [0.2, 0.25) is 0 Å². The van der Waals surface area contributed by atoms with Gasteiger partial charge in [0.15, 0.2) is 0 Å². The fourth-order valence-corrected chi connectivity index (χ4v) is 3.43. The molecule has 31 heavy (non-hydrogen) atoms. The molecule has 3 aromatic rings. The fraction of sp³-hybridized carbons (Fsp3) is 0.154. The van der Waals surface area contributed by atoms with Gasteiger partial charge in [-0.2, -0.15) is 0 Å². The van der Waals surface area contributed by atoms with Gasteiger partial charge in [0, 0.05) is 24.8 Å². The summed E-state index contributed by atoms with van der Waals surface area (Å²) in [6.07, 6.45) is 6.14. The van der Waals surface area contributed by atoms with Crippen molar-refractivity contribution in [1.29, 1.82) is 0 Å².